The van der Waals surface area contributed by atoms with E-state index in [2.05, 4.69) is 0 Å². The number of hydrogen-bond donors (Lipinski definition) is 1. The minimum Gasteiger partial charge on any atom is -0.493 e. The first-order valence-corrected chi connectivity index (χ1v) is 5.76. The second-order valence-electron chi connectivity index (χ2n) is 3.88. The van der Waals surface area contributed by atoms with Gasteiger partial charge in [-0.25, -0.2) is 0 Å². The van der Waals surface area contributed by atoms with E-state index in [0.717, 1.165) is 0 Å². The molecule has 0 atom stereocenters. The van der Waals surface area contributed by atoms with E-state index in [-0.39, 0.29) is 19.1 Å². The average molecular weight is 273 g/mol. The first-order valence-electron chi connectivity index (χ1n) is 5.39. The number of hydrogen-bond acceptors (Lipinski definition) is 4. The molecular weight excluding hydrogens is 256 g/mol. The van der Waals surface area contributed by atoms with Crippen LogP contribution in [0.25, 0.3) is 0 Å². The number of carbonyl (C=O) groups excluding carboxylic acids is 1. The molecule has 0 aliphatic rings. The molecule has 0 radical (unpaired) electrons. The Balaban J connectivity index is 2.95. The quantitative estimate of drug-likeness (QED) is 0.877. The Bertz CT molecular complexity index is 410. The SMILES string of the molecule is COc1cc(Cl)cc(CN)c1OCC(=O)N(C)C. The standard InChI is InChI=1S/C12H17ClN2O3/c1-15(2)11(16)7-18-12-8(6-14)4-9(13)5-10(12)17-3/h4-5H,6-7,14H2,1-3H3. The van der Waals surface area contributed by atoms with Gasteiger partial charge >= 0.3 is 0 Å². The van der Waals surface area contributed by atoms with Gasteiger partial charge in [0.2, 0.25) is 0 Å². The molecule has 0 saturated heterocycles. The van der Waals surface area contributed by atoms with Crippen molar-refractivity contribution in [2.45, 2.75) is 6.54 Å². The third kappa shape index (κ3) is 3.51. The van der Waals surface area contributed by atoms with Crippen LogP contribution in [0.1, 0.15) is 5.56 Å². The van der Waals surface area contributed by atoms with Crippen molar-refractivity contribution in [3.05, 3.63) is 22.7 Å². The normalized spacial score (nSPS) is 10.1. The lowest BCUT2D eigenvalue weighted by molar-refractivity contribution is -0.130. The number of ether oxygens (including phenoxy) is 2. The number of amides is 1. The van der Waals surface area contributed by atoms with E-state index in [1.165, 1.54) is 12.0 Å². The van der Waals surface area contributed by atoms with Crippen LogP contribution < -0.4 is 15.2 Å². The monoisotopic (exact) mass is 272 g/mol. The van der Waals surface area contributed by atoms with E-state index >= 15 is 0 Å². The Labute approximate surface area is 111 Å². The van der Waals surface area contributed by atoms with Crippen LogP contribution in [0, 0.1) is 0 Å². The van der Waals surface area contributed by atoms with Crippen LogP contribution in [0.15, 0.2) is 12.1 Å². The summed E-state index contributed by atoms with van der Waals surface area (Å²) in [6, 6.07) is 3.32. The van der Waals surface area contributed by atoms with E-state index in [4.69, 9.17) is 26.8 Å². The van der Waals surface area contributed by atoms with Crippen LogP contribution in [-0.2, 0) is 11.3 Å². The average Bonchev–Trinajstić information content (AvgIpc) is 2.35. The summed E-state index contributed by atoms with van der Waals surface area (Å²) in [4.78, 5) is 12.9. The molecule has 0 bridgehead atoms. The zero-order valence-corrected chi connectivity index (χ0v) is 11.5. The maximum atomic E-state index is 11.5. The van der Waals surface area contributed by atoms with Gasteiger partial charge in [-0.05, 0) is 6.07 Å². The van der Waals surface area contributed by atoms with Crippen molar-refractivity contribution >= 4 is 17.5 Å². The fourth-order valence-electron chi connectivity index (χ4n) is 1.35. The maximum absolute atomic E-state index is 11.5. The van der Waals surface area contributed by atoms with Gasteiger partial charge in [0.05, 0.1) is 7.11 Å². The fraction of sp³-hybridized carbons (Fsp3) is 0.417. The van der Waals surface area contributed by atoms with Crippen LogP contribution in [0.2, 0.25) is 5.02 Å². The number of rotatable bonds is 5. The number of benzene rings is 1. The van der Waals surface area contributed by atoms with Gasteiger partial charge in [-0.2, -0.15) is 0 Å². The van der Waals surface area contributed by atoms with Crippen molar-refractivity contribution < 1.29 is 14.3 Å². The highest BCUT2D eigenvalue weighted by atomic mass is 35.5. The van der Waals surface area contributed by atoms with Crippen molar-refractivity contribution in [3.63, 3.8) is 0 Å². The number of carbonyl (C=O) groups is 1. The van der Waals surface area contributed by atoms with Crippen LogP contribution >= 0.6 is 11.6 Å². The van der Waals surface area contributed by atoms with Gasteiger partial charge in [0.1, 0.15) is 0 Å². The zero-order chi connectivity index (χ0) is 13.7. The molecule has 0 saturated carbocycles. The summed E-state index contributed by atoms with van der Waals surface area (Å²) in [6.45, 7) is 0.181. The van der Waals surface area contributed by atoms with Crippen LogP contribution in [0.5, 0.6) is 11.5 Å². The van der Waals surface area contributed by atoms with Crippen molar-refractivity contribution in [2.75, 3.05) is 27.8 Å². The van der Waals surface area contributed by atoms with E-state index in [1.807, 2.05) is 0 Å². The van der Waals surface area contributed by atoms with Gasteiger partial charge in [-0.3, -0.25) is 4.79 Å². The van der Waals surface area contributed by atoms with E-state index in [9.17, 15) is 4.79 Å². The molecule has 6 heteroatoms. The Hall–Kier alpha value is -1.46. The minimum atomic E-state index is -0.144. The Morgan fingerprint density at radius 3 is 2.61 bits per heavy atom. The van der Waals surface area contributed by atoms with Gasteiger partial charge < -0.3 is 20.1 Å². The molecule has 0 aliphatic carbocycles. The summed E-state index contributed by atoms with van der Waals surface area (Å²) in [5.41, 5.74) is 6.32. The van der Waals surface area contributed by atoms with Gasteiger partial charge in [0.15, 0.2) is 18.1 Å². The minimum absolute atomic E-state index is 0.0714. The van der Waals surface area contributed by atoms with Gasteiger partial charge in [0.25, 0.3) is 5.91 Å². The van der Waals surface area contributed by atoms with Gasteiger partial charge in [-0.15, -0.1) is 0 Å². The molecular formula is C12H17ClN2O3. The lowest BCUT2D eigenvalue weighted by Gasteiger charge is -2.16. The molecule has 0 aromatic heterocycles. The third-order valence-electron chi connectivity index (χ3n) is 2.38. The largest absolute Gasteiger partial charge is 0.493 e. The smallest absolute Gasteiger partial charge is 0.259 e. The van der Waals surface area contributed by atoms with Crippen molar-refractivity contribution in [1.82, 2.24) is 4.90 Å². The highest BCUT2D eigenvalue weighted by Gasteiger charge is 2.14. The molecule has 0 heterocycles. The Morgan fingerprint density at radius 1 is 1.44 bits per heavy atom. The number of likely N-dealkylation sites (N-methyl/N-ethyl adjacent to an activating group) is 1. The topological polar surface area (TPSA) is 64.8 Å². The zero-order valence-electron chi connectivity index (χ0n) is 10.7. The summed E-state index contributed by atoms with van der Waals surface area (Å²) in [6.07, 6.45) is 0. The second kappa shape index (κ2) is 6.47. The summed E-state index contributed by atoms with van der Waals surface area (Å²) < 4.78 is 10.6. The molecule has 0 spiro atoms. The summed E-state index contributed by atoms with van der Waals surface area (Å²) >= 11 is 5.93. The molecule has 0 fully saturated rings. The Morgan fingerprint density at radius 2 is 2.11 bits per heavy atom. The summed E-state index contributed by atoms with van der Waals surface area (Å²) in [5, 5.41) is 0.513. The number of nitrogens with zero attached hydrogens (tertiary/aromatic N) is 1. The highest BCUT2D eigenvalue weighted by molar-refractivity contribution is 6.30. The predicted molar refractivity (Wildman–Crippen MR) is 70.1 cm³/mol. The molecule has 100 valence electrons. The summed E-state index contributed by atoms with van der Waals surface area (Å²) in [7, 11) is 4.83. The summed E-state index contributed by atoms with van der Waals surface area (Å²) in [5.74, 6) is 0.782. The Kier molecular flexibility index (Phi) is 5.25. The lowest BCUT2D eigenvalue weighted by atomic mass is 10.2. The molecule has 1 amide bonds. The van der Waals surface area contributed by atoms with E-state index in [0.29, 0.717) is 22.1 Å². The van der Waals surface area contributed by atoms with E-state index in [1.54, 1.807) is 26.2 Å². The molecule has 1 rings (SSSR count). The van der Waals surface area contributed by atoms with Crippen LogP contribution in [-0.4, -0.2) is 38.6 Å². The molecule has 0 unspecified atom stereocenters. The van der Waals surface area contributed by atoms with Crippen molar-refractivity contribution in [3.8, 4) is 11.5 Å². The fourth-order valence-corrected chi connectivity index (χ4v) is 1.58. The second-order valence-corrected chi connectivity index (χ2v) is 4.31. The number of nitrogens with two attached hydrogens (primary N) is 1. The predicted octanol–water partition coefficient (Wildman–Crippen LogP) is 1.27. The first-order chi connectivity index (χ1) is 8.49. The number of methoxy groups -OCH3 is 1. The molecule has 5 nitrogen and oxygen atoms in total. The van der Waals surface area contributed by atoms with Crippen LogP contribution in [0.3, 0.4) is 0 Å². The molecule has 1 aromatic rings. The van der Waals surface area contributed by atoms with Crippen molar-refractivity contribution in [2.24, 2.45) is 5.73 Å². The molecule has 18 heavy (non-hydrogen) atoms. The van der Waals surface area contributed by atoms with Crippen molar-refractivity contribution in [1.29, 1.82) is 0 Å². The van der Waals surface area contributed by atoms with Crippen LogP contribution in [0.4, 0.5) is 0 Å². The van der Waals surface area contributed by atoms with E-state index < -0.39 is 0 Å². The highest BCUT2D eigenvalue weighted by Crippen LogP contribution is 2.34. The molecule has 1 aromatic carbocycles. The first kappa shape index (κ1) is 14.6. The van der Waals surface area contributed by atoms with Gasteiger partial charge in [0, 0.05) is 37.3 Å². The maximum Gasteiger partial charge on any atom is 0.259 e. The third-order valence-corrected chi connectivity index (χ3v) is 2.59. The number of halogens is 1. The molecule has 2 N–H and O–H groups in total. The van der Waals surface area contributed by atoms with Gasteiger partial charge in [-0.1, -0.05) is 11.6 Å². The molecule has 0 aliphatic heterocycles. The lowest BCUT2D eigenvalue weighted by Crippen LogP contribution is -2.27.